The molecule has 0 N–H and O–H groups in total. The van der Waals surface area contributed by atoms with E-state index in [2.05, 4.69) is 157 Å². The summed E-state index contributed by atoms with van der Waals surface area (Å²) in [5.74, 6) is 0. The Bertz CT molecular complexity index is 2560. The van der Waals surface area contributed by atoms with E-state index in [1.54, 1.807) is 0 Å². The van der Waals surface area contributed by atoms with Crippen molar-refractivity contribution < 1.29 is 0 Å². The second-order valence-corrected chi connectivity index (χ2v) is 14.4. The molecular weight excluding hydrogens is 595 g/mol. The number of benzene rings is 6. The van der Waals surface area contributed by atoms with Gasteiger partial charge in [-0.3, -0.25) is 0 Å². The van der Waals surface area contributed by atoms with E-state index >= 15 is 0 Å². The van der Waals surface area contributed by atoms with Gasteiger partial charge in [-0.25, -0.2) is 0 Å². The fraction of sp³-hybridized carbons (Fsp3) is 0.0698. The Labute approximate surface area is 276 Å². The van der Waals surface area contributed by atoms with Crippen molar-refractivity contribution in [3.8, 4) is 0 Å². The Morgan fingerprint density at radius 1 is 0.565 bits per heavy atom. The highest BCUT2D eigenvalue weighted by Crippen LogP contribution is 2.44. The third-order valence-electron chi connectivity index (χ3n) is 9.16. The van der Waals surface area contributed by atoms with Crippen molar-refractivity contribution in [1.29, 1.82) is 0 Å². The van der Waals surface area contributed by atoms with Gasteiger partial charge in [-0.05, 0) is 83.8 Å². The first-order chi connectivity index (χ1) is 22.7. The summed E-state index contributed by atoms with van der Waals surface area (Å²) in [6, 6.07) is 43.1. The molecular formula is C43H31NS2. The summed E-state index contributed by atoms with van der Waals surface area (Å²) in [6.45, 7) is 2.18. The molecule has 1 aliphatic rings. The van der Waals surface area contributed by atoms with E-state index in [0.29, 0.717) is 0 Å². The molecule has 1 nitrogen and oxygen atoms in total. The fourth-order valence-electron chi connectivity index (χ4n) is 7.09. The molecule has 0 fully saturated rings. The quantitative estimate of drug-likeness (QED) is 0.184. The van der Waals surface area contributed by atoms with Crippen molar-refractivity contribution in [2.75, 3.05) is 4.90 Å². The molecule has 0 spiro atoms. The van der Waals surface area contributed by atoms with Crippen LogP contribution in [0.4, 0.5) is 11.4 Å². The number of aryl methyl sites for hydroxylation is 1. The van der Waals surface area contributed by atoms with Crippen molar-refractivity contribution in [2.45, 2.75) is 19.8 Å². The summed E-state index contributed by atoms with van der Waals surface area (Å²) in [4.78, 5) is 2.46. The van der Waals surface area contributed by atoms with Crippen LogP contribution in [-0.4, -0.2) is 0 Å². The minimum absolute atomic E-state index is 0.868. The number of thiophene rings is 2. The van der Waals surface area contributed by atoms with Crippen LogP contribution in [0.3, 0.4) is 0 Å². The van der Waals surface area contributed by atoms with Crippen molar-refractivity contribution in [1.82, 2.24) is 0 Å². The predicted molar refractivity (Wildman–Crippen MR) is 203 cm³/mol. The van der Waals surface area contributed by atoms with Crippen LogP contribution >= 0.6 is 22.7 Å². The van der Waals surface area contributed by atoms with Gasteiger partial charge in [-0.15, -0.1) is 22.7 Å². The van der Waals surface area contributed by atoms with Gasteiger partial charge in [-0.1, -0.05) is 103 Å². The molecule has 0 saturated heterocycles. The predicted octanol–water partition coefficient (Wildman–Crippen LogP) is 13.0. The SMILES string of the molecule is Cc1cccc(Cc2cc3sc4cc(N(C5=CC=CC=CC5)c5ccc6sc7ccccc7c6c5)ccc4c3c3ccccc23)c1. The third-order valence-corrected chi connectivity index (χ3v) is 11.4. The summed E-state index contributed by atoms with van der Waals surface area (Å²) in [7, 11) is 0. The Hall–Kier alpha value is -4.96. The Morgan fingerprint density at radius 2 is 1.35 bits per heavy atom. The van der Waals surface area contributed by atoms with Crippen LogP contribution < -0.4 is 4.90 Å². The van der Waals surface area contributed by atoms with Gasteiger partial charge >= 0.3 is 0 Å². The van der Waals surface area contributed by atoms with Gasteiger partial charge in [0.1, 0.15) is 0 Å². The number of allylic oxidation sites excluding steroid dienone is 5. The second-order valence-electron chi connectivity index (χ2n) is 12.2. The lowest BCUT2D eigenvalue weighted by molar-refractivity contribution is 1.08. The smallest absolute Gasteiger partial charge is 0.0473 e. The average Bonchev–Trinajstić information content (AvgIpc) is 3.51. The summed E-state index contributed by atoms with van der Waals surface area (Å²) >= 11 is 3.79. The topological polar surface area (TPSA) is 3.24 Å². The van der Waals surface area contributed by atoms with Gasteiger partial charge in [0.25, 0.3) is 0 Å². The molecule has 9 rings (SSSR count). The minimum atomic E-state index is 0.868. The highest BCUT2D eigenvalue weighted by molar-refractivity contribution is 7.26. The van der Waals surface area contributed by atoms with Gasteiger partial charge in [-0.2, -0.15) is 0 Å². The molecule has 46 heavy (non-hydrogen) atoms. The van der Waals surface area contributed by atoms with Crippen molar-refractivity contribution in [3.05, 3.63) is 168 Å². The van der Waals surface area contributed by atoms with E-state index in [-0.39, 0.29) is 0 Å². The first-order valence-corrected chi connectivity index (χ1v) is 17.5. The molecule has 0 saturated carbocycles. The molecule has 220 valence electrons. The molecule has 0 unspecified atom stereocenters. The van der Waals surface area contributed by atoms with Crippen LogP contribution in [0, 0.1) is 6.92 Å². The third kappa shape index (κ3) is 4.67. The zero-order valence-electron chi connectivity index (χ0n) is 25.5. The molecule has 3 heteroatoms. The summed E-state index contributed by atoms with van der Waals surface area (Å²) in [6.07, 6.45) is 12.7. The van der Waals surface area contributed by atoms with E-state index in [1.165, 1.54) is 84.9 Å². The largest absolute Gasteiger partial charge is 0.314 e. The van der Waals surface area contributed by atoms with Crippen LogP contribution in [0.25, 0.3) is 51.1 Å². The van der Waals surface area contributed by atoms with E-state index in [9.17, 15) is 0 Å². The maximum atomic E-state index is 2.46. The van der Waals surface area contributed by atoms with E-state index in [0.717, 1.165) is 12.8 Å². The number of rotatable bonds is 5. The number of hydrogen-bond acceptors (Lipinski definition) is 3. The van der Waals surface area contributed by atoms with E-state index in [4.69, 9.17) is 0 Å². The van der Waals surface area contributed by atoms with Crippen LogP contribution in [-0.2, 0) is 6.42 Å². The Balaban J connectivity index is 1.22. The molecule has 8 aromatic rings. The van der Waals surface area contributed by atoms with Gasteiger partial charge in [0.2, 0.25) is 0 Å². The molecule has 0 amide bonds. The number of fused-ring (bicyclic) bond motifs is 8. The maximum Gasteiger partial charge on any atom is 0.0473 e. The lowest BCUT2D eigenvalue weighted by Gasteiger charge is -2.27. The van der Waals surface area contributed by atoms with Crippen molar-refractivity contribution in [2.24, 2.45) is 0 Å². The lowest BCUT2D eigenvalue weighted by atomic mass is 9.95. The van der Waals surface area contributed by atoms with Gasteiger partial charge in [0.05, 0.1) is 0 Å². The standard InChI is InChI=1S/C43H31NS2/c1-28-11-10-12-29(23-28)24-30-25-42-43(36-17-7-6-15-34(30)36)37-21-19-33(27-41(37)46-42)44(31-13-4-2-3-5-14-31)32-20-22-40-38(26-32)35-16-8-9-18-39(35)45-40/h2-13,15-23,25-27H,14,24H2,1H3. The van der Waals surface area contributed by atoms with Crippen LogP contribution in [0.5, 0.6) is 0 Å². The molecule has 1 aliphatic carbocycles. The zero-order valence-corrected chi connectivity index (χ0v) is 27.2. The number of anilines is 2. The van der Waals surface area contributed by atoms with Crippen LogP contribution in [0.2, 0.25) is 0 Å². The molecule has 0 aliphatic heterocycles. The Morgan fingerprint density at radius 3 is 2.26 bits per heavy atom. The molecule has 0 bridgehead atoms. The lowest BCUT2D eigenvalue weighted by Crippen LogP contribution is -2.16. The normalized spacial score (nSPS) is 13.3. The fourth-order valence-corrected chi connectivity index (χ4v) is 9.40. The average molecular weight is 626 g/mol. The minimum Gasteiger partial charge on any atom is -0.314 e. The second kappa shape index (κ2) is 11.1. The van der Waals surface area contributed by atoms with E-state index in [1.807, 2.05) is 22.7 Å². The van der Waals surface area contributed by atoms with Crippen molar-refractivity contribution >= 4 is 85.2 Å². The first-order valence-electron chi connectivity index (χ1n) is 15.9. The molecule has 0 atom stereocenters. The molecule has 6 aromatic carbocycles. The van der Waals surface area contributed by atoms with Crippen LogP contribution in [0.1, 0.15) is 23.1 Å². The maximum absolute atomic E-state index is 2.46. The van der Waals surface area contributed by atoms with E-state index < -0.39 is 0 Å². The first kappa shape index (κ1) is 27.4. The summed E-state index contributed by atoms with van der Waals surface area (Å²) < 4.78 is 5.33. The van der Waals surface area contributed by atoms with Gasteiger partial charge in [0.15, 0.2) is 0 Å². The summed E-state index contributed by atoms with van der Waals surface area (Å²) in [5, 5.41) is 8.03. The Kier molecular flexibility index (Phi) is 6.62. The zero-order chi connectivity index (χ0) is 30.6. The summed E-state index contributed by atoms with van der Waals surface area (Å²) in [5.41, 5.74) is 7.70. The van der Waals surface area contributed by atoms with Crippen molar-refractivity contribution in [3.63, 3.8) is 0 Å². The number of hydrogen-bond donors (Lipinski definition) is 0. The monoisotopic (exact) mass is 625 g/mol. The highest BCUT2D eigenvalue weighted by Gasteiger charge is 2.19. The molecule has 0 radical (unpaired) electrons. The molecule has 2 aromatic heterocycles. The van der Waals surface area contributed by atoms with Gasteiger partial charge < -0.3 is 4.90 Å². The van der Waals surface area contributed by atoms with Gasteiger partial charge in [0, 0.05) is 63.8 Å². The highest BCUT2D eigenvalue weighted by atomic mass is 32.1. The van der Waals surface area contributed by atoms with Crippen LogP contribution in [0.15, 0.2) is 151 Å². The molecule has 2 heterocycles. The number of nitrogens with zero attached hydrogens (tertiary/aromatic N) is 1.